The van der Waals surface area contributed by atoms with E-state index in [0.29, 0.717) is 32.7 Å². The molecular weight excluding hydrogens is 322 g/mol. The summed E-state index contributed by atoms with van der Waals surface area (Å²) in [6, 6.07) is 16.7. The van der Waals surface area contributed by atoms with Crippen molar-refractivity contribution < 1.29 is 19.0 Å². The average Bonchev–Trinajstić information content (AvgIpc) is 2.62. The molecule has 0 unspecified atom stereocenters. The normalized spacial score (nSPS) is 11.3. The Balaban J connectivity index is 2.01. The van der Waals surface area contributed by atoms with Crippen LogP contribution in [0.25, 0.3) is 21.5 Å². The zero-order valence-corrected chi connectivity index (χ0v) is 13.1. The number of benzene rings is 4. The van der Waals surface area contributed by atoms with Crippen LogP contribution in [0.5, 0.6) is 11.5 Å². The van der Waals surface area contributed by atoms with Crippen LogP contribution < -0.4 is 0 Å². The second-order valence-corrected chi connectivity index (χ2v) is 5.99. The highest BCUT2D eigenvalue weighted by atomic mass is 19.1. The minimum atomic E-state index is -0.742. The molecule has 0 spiro atoms. The van der Waals surface area contributed by atoms with Crippen LogP contribution in [0.4, 0.5) is 8.78 Å². The lowest BCUT2D eigenvalue weighted by molar-refractivity contribution is 0.422. The van der Waals surface area contributed by atoms with Crippen molar-refractivity contribution in [3.05, 3.63) is 83.4 Å². The van der Waals surface area contributed by atoms with Gasteiger partial charge in [-0.3, -0.25) is 0 Å². The van der Waals surface area contributed by atoms with Crippen molar-refractivity contribution in [3.63, 3.8) is 0 Å². The fraction of sp³-hybridized carbons (Fsp3) is 0.0476. The highest BCUT2D eigenvalue weighted by molar-refractivity contribution is 5.91. The van der Waals surface area contributed by atoms with Crippen LogP contribution in [0.1, 0.15) is 11.1 Å². The molecule has 0 radical (unpaired) electrons. The number of hydrogen-bond donors (Lipinski definition) is 2. The maximum Gasteiger partial charge on any atom is 0.165 e. The molecule has 0 bridgehead atoms. The van der Waals surface area contributed by atoms with Gasteiger partial charge in [-0.1, -0.05) is 48.5 Å². The van der Waals surface area contributed by atoms with Gasteiger partial charge in [0.25, 0.3) is 0 Å². The van der Waals surface area contributed by atoms with Gasteiger partial charge in [0.1, 0.15) is 0 Å². The lowest BCUT2D eigenvalue weighted by atomic mass is 9.93. The molecule has 2 nitrogen and oxygen atoms in total. The molecule has 4 rings (SSSR count). The van der Waals surface area contributed by atoms with E-state index in [9.17, 15) is 19.0 Å². The van der Waals surface area contributed by atoms with Gasteiger partial charge in [-0.15, -0.1) is 0 Å². The molecule has 0 aromatic heterocycles. The van der Waals surface area contributed by atoms with Gasteiger partial charge in [0.15, 0.2) is 23.1 Å². The summed E-state index contributed by atoms with van der Waals surface area (Å²) in [5.41, 5.74) is 0.642. The first kappa shape index (κ1) is 15.4. The Morgan fingerprint density at radius 1 is 0.640 bits per heavy atom. The van der Waals surface area contributed by atoms with E-state index >= 15 is 0 Å². The standard InChI is InChI=1S/C21H14F2O2/c22-18-9-12-5-1-3-7-14(12)16(20(18)24)11-17-15-8-4-2-6-13(15)10-19(23)21(17)25/h1-10,24-25H,11H2. The van der Waals surface area contributed by atoms with Crippen LogP contribution in [-0.4, -0.2) is 10.2 Å². The van der Waals surface area contributed by atoms with Gasteiger partial charge < -0.3 is 10.2 Å². The van der Waals surface area contributed by atoms with Crippen molar-refractivity contribution in [1.29, 1.82) is 0 Å². The van der Waals surface area contributed by atoms with Crippen molar-refractivity contribution in [2.45, 2.75) is 6.42 Å². The van der Waals surface area contributed by atoms with Crippen LogP contribution in [0.3, 0.4) is 0 Å². The van der Waals surface area contributed by atoms with E-state index in [1.165, 1.54) is 12.1 Å². The van der Waals surface area contributed by atoms with Crippen LogP contribution in [0, 0.1) is 11.6 Å². The highest BCUT2D eigenvalue weighted by Gasteiger charge is 2.18. The average molecular weight is 336 g/mol. The monoisotopic (exact) mass is 336 g/mol. The molecule has 2 N–H and O–H groups in total. The summed E-state index contributed by atoms with van der Waals surface area (Å²) < 4.78 is 28.2. The Kier molecular flexibility index (Phi) is 3.53. The van der Waals surface area contributed by atoms with Gasteiger partial charge in [0, 0.05) is 17.5 Å². The molecule has 0 heterocycles. The number of phenolic OH excluding ortho intramolecular Hbond substituents is 2. The number of fused-ring (bicyclic) bond motifs is 2. The Labute approximate surface area is 142 Å². The lowest BCUT2D eigenvalue weighted by Crippen LogP contribution is -1.97. The van der Waals surface area contributed by atoms with Crippen LogP contribution in [0.15, 0.2) is 60.7 Å². The van der Waals surface area contributed by atoms with E-state index in [4.69, 9.17) is 0 Å². The van der Waals surface area contributed by atoms with E-state index < -0.39 is 23.1 Å². The third-order valence-electron chi connectivity index (χ3n) is 4.51. The van der Waals surface area contributed by atoms with E-state index in [-0.39, 0.29) is 6.42 Å². The van der Waals surface area contributed by atoms with E-state index in [0.717, 1.165) is 0 Å². The Bertz CT molecular complexity index is 1030. The van der Waals surface area contributed by atoms with Crippen molar-refractivity contribution >= 4 is 21.5 Å². The molecular formula is C21H14F2O2. The molecule has 0 aliphatic carbocycles. The summed E-state index contributed by atoms with van der Waals surface area (Å²) in [5, 5.41) is 23.1. The molecule has 0 amide bonds. The fourth-order valence-corrected chi connectivity index (χ4v) is 3.28. The Morgan fingerprint density at radius 2 is 1.04 bits per heavy atom. The third-order valence-corrected chi connectivity index (χ3v) is 4.51. The first-order chi connectivity index (χ1) is 12.1. The number of halogens is 2. The predicted molar refractivity (Wildman–Crippen MR) is 93.9 cm³/mol. The van der Waals surface area contributed by atoms with Gasteiger partial charge >= 0.3 is 0 Å². The van der Waals surface area contributed by atoms with Crippen LogP contribution >= 0.6 is 0 Å². The first-order valence-corrected chi connectivity index (χ1v) is 7.84. The van der Waals surface area contributed by atoms with Crippen molar-refractivity contribution in [1.82, 2.24) is 0 Å². The molecule has 0 saturated heterocycles. The maximum absolute atomic E-state index is 14.1. The molecule has 124 valence electrons. The minimum Gasteiger partial charge on any atom is -0.505 e. The third kappa shape index (κ3) is 2.47. The molecule has 0 aliphatic heterocycles. The van der Waals surface area contributed by atoms with E-state index in [1.54, 1.807) is 48.5 Å². The van der Waals surface area contributed by atoms with Gasteiger partial charge in [0.05, 0.1) is 0 Å². The van der Waals surface area contributed by atoms with Gasteiger partial charge in [-0.2, -0.15) is 0 Å². The number of rotatable bonds is 2. The Hall–Kier alpha value is -3.14. The number of aromatic hydroxyl groups is 2. The molecule has 4 aromatic rings. The van der Waals surface area contributed by atoms with E-state index in [2.05, 4.69) is 0 Å². The second-order valence-electron chi connectivity index (χ2n) is 5.99. The number of phenols is 2. The highest BCUT2D eigenvalue weighted by Crippen LogP contribution is 2.37. The summed E-state index contributed by atoms with van der Waals surface area (Å²) in [6.45, 7) is 0. The van der Waals surface area contributed by atoms with Crippen molar-refractivity contribution in [2.75, 3.05) is 0 Å². The summed E-state index contributed by atoms with van der Waals surface area (Å²) in [4.78, 5) is 0. The van der Waals surface area contributed by atoms with Gasteiger partial charge in [-0.05, 0) is 33.7 Å². The summed E-state index contributed by atoms with van der Waals surface area (Å²) in [7, 11) is 0. The van der Waals surface area contributed by atoms with Gasteiger partial charge in [-0.25, -0.2) is 8.78 Å². The lowest BCUT2D eigenvalue weighted by Gasteiger charge is -2.14. The molecule has 0 fully saturated rings. The first-order valence-electron chi connectivity index (χ1n) is 7.84. The minimum absolute atomic E-state index is 0.00815. The summed E-state index contributed by atoms with van der Waals surface area (Å²) >= 11 is 0. The topological polar surface area (TPSA) is 40.5 Å². The second kappa shape index (κ2) is 5.74. The fourth-order valence-electron chi connectivity index (χ4n) is 3.28. The van der Waals surface area contributed by atoms with E-state index in [1.807, 2.05) is 0 Å². The maximum atomic E-state index is 14.1. The quantitative estimate of drug-likeness (QED) is 0.523. The smallest absolute Gasteiger partial charge is 0.165 e. The summed E-state index contributed by atoms with van der Waals surface area (Å²) in [6.07, 6.45) is 0.00815. The SMILES string of the molecule is Oc1c(F)cc2ccccc2c1Cc1c(O)c(F)cc2ccccc12. The Morgan fingerprint density at radius 3 is 1.48 bits per heavy atom. The molecule has 25 heavy (non-hydrogen) atoms. The molecule has 4 heteroatoms. The molecule has 0 saturated carbocycles. The molecule has 0 atom stereocenters. The van der Waals surface area contributed by atoms with Crippen LogP contribution in [0.2, 0.25) is 0 Å². The van der Waals surface area contributed by atoms with Crippen LogP contribution in [-0.2, 0) is 6.42 Å². The predicted octanol–water partition coefficient (Wildman–Crippen LogP) is 5.27. The molecule has 0 aliphatic rings. The summed E-state index contributed by atoms with van der Waals surface area (Å²) in [5.74, 6) is -2.44. The zero-order chi connectivity index (χ0) is 17.6. The van der Waals surface area contributed by atoms with Crippen molar-refractivity contribution in [3.8, 4) is 11.5 Å². The number of hydrogen-bond acceptors (Lipinski definition) is 2. The molecule has 4 aromatic carbocycles. The largest absolute Gasteiger partial charge is 0.505 e. The van der Waals surface area contributed by atoms with Gasteiger partial charge in [0.2, 0.25) is 0 Å². The zero-order valence-electron chi connectivity index (χ0n) is 13.1. The van der Waals surface area contributed by atoms with Crippen molar-refractivity contribution in [2.24, 2.45) is 0 Å².